The number of fused-ring (bicyclic) bond motifs is 1. The fraction of sp³-hybridized carbons (Fsp3) is 0.333. The molecule has 0 aliphatic carbocycles. The molecule has 3 aromatic rings. The second-order valence-corrected chi connectivity index (χ2v) is 5.63. The Bertz CT molecular complexity index is 786. The third-order valence-electron chi connectivity index (χ3n) is 3.70. The molecule has 23 heavy (non-hydrogen) atoms. The minimum atomic E-state index is 0.199. The molecule has 0 aliphatic rings. The summed E-state index contributed by atoms with van der Waals surface area (Å²) < 4.78 is 11.2. The molecule has 4 nitrogen and oxygen atoms in total. The van der Waals surface area contributed by atoms with Crippen LogP contribution in [0.15, 0.2) is 40.9 Å². The van der Waals surface area contributed by atoms with E-state index in [2.05, 4.69) is 29.2 Å². The maximum atomic E-state index is 5.99. The van der Waals surface area contributed by atoms with Crippen molar-refractivity contribution in [2.24, 2.45) is 0 Å². The van der Waals surface area contributed by atoms with E-state index in [1.165, 1.54) is 0 Å². The topological polar surface area (TPSA) is 48.2 Å². The van der Waals surface area contributed by atoms with Gasteiger partial charge in [-0.15, -0.1) is 11.6 Å². The smallest absolute Gasteiger partial charge is 0.241 e. The molecule has 0 saturated carbocycles. The van der Waals surface area contributed by atoms with Gasteiger partial charge in [-0.2, -0.15) is 4.98 Å². The summed E-state index contributed by atoms with van der Waals surface area (Å²) in [7, 11) is 0. The maximum absolute atomic E-state index is 5.99. The van der Waals surface area contributed by atoms with Gasteiger partial charge in [0.2, 0.25) is 11.7 Å². The van der Waals surface area contributed by atoms with E-state index in [9.17, 15) is 0 Å². The molecular weight excluding hydrogens is 312 g/mol. The lowest BCUT2D eigenvalue weighted by atomic mass is 10.0. The molecule has 120 valence electrons. The number of hydrogen-bond acceptors (Lipinski definition) is 4. The van der Waals surface area contributed by atoms with E-state index >= 15 is 0 Å². The first-order valence-corrected chi connectivity index (χ1v) is 8.40. The number of nitrogens with zero attached hydrogens (tertiary/aromatic N) is 2. The van der Waals surface area contributed by atoms with Gasteiger partial charge < -0.3 is 9.26 Å². The third-order valence-corrected chi connectivity index (χ3v) is 3.93. The summed E-state index contributed by atoms with van der Waals surface area (Å²) in [6, 6.07) is 12.1. The van der Waals surface area contributed by atoms with Gasteiger partial charge in [-0.3, -0.25) is 0 Å². The lowest BCUT2D eigenvalue weighted by Gasteiger charge is -2.12. The number of aromatic nitrogens is 2. The molecule has 0 fully saturated rings. The zero-order chi connectivity index (χ0) is 16.1. The molecule has 3 rings (SSSR count). The van der Waals surface area contributed by atoms with E-state index in [4.69, 9.17) is 20.9 Å². The molecule has 0 bridgehead atoms. The van der Waals surface area contributed by atoms with Gasteiger partial charge in [0.05, 0.1) is 12.2 Å². The highest BCUT2D eigenvalue weighted by molar-refractivity contribution is 6.16. The minimum Gasteiger partial charge on any atom is -0.493 e. The second kappa shape index (κ2) is 7.47. The Balaban J connectivity index is 2.02. The number of unbranched alkanes of at least 4 members (excludes halogenated alkanes) is 2. The second-order valence-electron chi connectivity index (χ2n) is 5.36. The first-order valence-electron chi connectivity index (χ1n) is 7.87. The van der Waals surface area contributed by atoms with Crippen LogP contribution in [0, 0.1) is 0 Å². The molecule has 1 heterocycles. The van der Waals surface area contributed by atoms with Crippen molar-refractivity contribution in [1.82, 2.24) is 10.1 Å². The SMILES string of the molecule is CCCCCOc1ccc2ccccc2c1-c1noc(CCl)n1. The highest BCUT2D eigenvalue weighted by atomic mass is 35.5. The Kier molecular flexibility index (Phi) is 5.13. The predicted octanol–water partition coefficient (Wildman–Crippen LogP) is 5.20. The summed E-state index contributed by atoms with van der Waals surface area (Å²) in [6.45, 7) is 2.86. The van der Waals surface area contributed by atoms with Crippen LogP contribution in [-0.4, -0.2) is 16.7 Å². The van der Waals surface area contributed by atoms with Crippen LogP contribution in [0.25, 0.3) is 22.2 Å². The van der Waals surface area contributed by atoms with Crippen molar-refractivity contribution in [3.05, 3.63) is 42.3 Å². The van der Waals surface area contributed by atoms with E-state index in [0.29, 0.717) is 18.3 Å². The molecule has 0 radical (unpaired) electrons. The van der Waals surface area contributed by atoms with Gasteiger partial charge in [0.1, 0.15) is 11.6 Å². The number of ether oxygens (including phenoxy) is 1. The Morgan fingerprint density at radius 1 is 1.13 bits per heavy atom. The lowest BCUT2D eigenvalue weighted by Crippen LogP contribution is -1.99. The van der Waals surface area contributed by atoms with Gasteiger partial charge >= 0.3 is 0 Å². The predicted molar refractivity (Wildman–Crippen MR) is 91.8 cm³/mol. The van der Waals surface area contributed by atoms with Crippen LogP contribution in [0.5, 0.6) is 5.75 Å². The summed E-state index contributed by atoms with van der Waals surface area (Å²) in [5.41, 5.74) is 0.861. The largest absolute Gasteiger partial charge is 0.493 e. The van der Waals surface area contributed by atoms with Gasteiger partial charge in [0.25, 0.3) is 0 Å². The first-order chi connectivity index (χ1) is 11.3. The van der Waals surface area contributed by atoms with Crippen LogP contribution < -0.4 is 4.74 Å². The molecule has 0 saturated heterocycles. The van der Waals surface area contributed by atoms with Crippen molar-refractivity contribution in [2.75, 3.05) is 6.61 Å². The Labute approximate surface area is 140 Å². The summed E-state index contributed by atoms with van der Waals surface area (Å²) >= 11 is 5.78. The normalized spacial score (nSPS) is 11.0. The third kappa shape index (κ3) is 3.48. The van der Waals surface area contributed by atoms with Crippen molar-refractivity contribution >= 4 is 22.4 Å². The Morgan fingerprint density at radius 2 is 2.00 bits per heavy atom. The molecule has 0 aliphatic heterocycles. The van der Waals surface area contributed by atoms with Gasteiger partial charge in [-0.25, -0.2) is 0 Å². The van der Waals surface area contributed by atoms with Crippen LogP contribution in [0.3, 0.4) is 0 Å². The zero-order valence-corrected chi connectivity index (χ0v) is 13.8. The molecule has 0 atom stereocenters. The highest BCUT2D eigenvalue weighted by Crippen LogP contribution is 2.35. The van der Waals surface area contributed by atoms with Crippen molar-refractivity contribution in [1.29, 1.82) is 0 Å². The summed E-state index contributed by atoms with van der Waals surface area (Å²) in [4.78, 5) is 4.36. The first kappa shape index (κ1) is 15.8. The fourth-order valence-electron chi connectivity index (χ4n) is 2.55. The lowest BCUT2D eigenvalue weighted by molar-refractivity contribution is 0.307. The van der Waals surface area contributed by atoms with Gasteiger partial charge in [0, 0.05) is 0 Å². The summed E-state index contributed by atoms with van der Waals surface area (Å²) in [6.07, 6.45) is 3.35. The van der Waals surface area contributed by atoms with E-state index in [1.807, 2.05) is 24.3 Å². The maximum Gasteiger partial charge on any atom is 0.241 e. The number of halogens is 1. The molecule has 0 N–H and O–H groups in total. The molecule has 1 aromatic heterocycles. The Morgan fingerprint density at radius 3 is 2.78 bits per heavy atom. The molecule has 0 spiro atoms. The monoisotopic (exact) mass is 330 g/mol. The van der Waals surface area contributed by atoms with Crippen LogP contribution in [0.1, 0.15) is 32.1 Å². The average Bonchev–Trinajstić information content (AvgIpc) is 3.07. The fourth-order valence-corrected chi connectivity index (χ4v) is 2.66. The Hall–Kier alpha value is -2.07. The molecular formula is C18H19ClN2O2. The van der Waals surface area contributed by atoms with Crippen LogP contribution in [0.2, 0.25) is 0 Å². The summed E-state index contributed by atoms with van der Waals surface area (Å²) in [5, 5.41) is 6.22. The molecule has 0 amide bonds. The van der Waals surface area contributed by atoms with E-state index in [-0.39, 0.29) is 5.88 Å². The molecule has 5 heteroatoms. The number of alkyl halides is 1. The van der Waals surface area contributed by atoms with Crippen molar-refractivity contribution < 1.29 is 9.26 Å². The summed E-state index contributed by atoms with van der Waals surface area (Å²) in [5.74, 6) is 1.90. The zero-order valence-electron chi connectivity index (χ0n) is 13.1. The van der Waals surface area contributed by atoms with E-state index < -0.39 is 0 Å². The van der Waals surface area contributed by atoms with Crippen molar-refractivity contribution in [3.8, 4) is 17.1 Å². The highest BCUT2D eigenvalue weighted by Gasteiger charge is 2.17. The van der Waals surface area contributed by atoms with E-state index in [1.54, 1.807) is 0 Å². The van der Waals surface area contributed by atoms with E-state index in [0.717, 1.165) is 41.3 Å². The average molecular weight is 331 g/mol. The number of benzene rings is 2. The van der Waals surface area contributed by atoms with Gasteiger partial charge in [-0.1, -0.05) is 55.3 Å². The van der Waals surface area contributed by atoms with Crippen LogP contribution in [0.4, 0.5) is 0 Å². The number of rotatable bonds is 7. The quantitative estimate of drug-likeness (QED) is 0.441. The van der Waals surface area contributed by atoms with Crippen molar-refractivity contribution in [2.45, 2.75) is 32.1 Å². The molecule has 0 unspecified atom stereocenters. The van der Waals surface area contributed by atoms with Gasteiger partial charge in [0.15, 0.2) is 0 Å². The van der Waals surface area contributed by atoms with Gasteiger partial charge in [-0.05, 0) is 23.3 Å². The molecule has 2 aromatic carbocycles. The standard InChI is InChI=1S/C18H19ClN2O2/c1-2-3-6-11-22-15-10-9-13-7-4-5-8-14(13)17(15)18-20-16(12-19)23-21-18/h4-5,7-10H,2-3,6,11-12H2,1H3. The van der Waals surface area contributed by atoms with Crippen LogP contribution >= 0.6 is 11.6 Å². The number of hydrogen-bond donors (Lipinski definition) is 0. The van der Waals surface area contributed by atoms with Crippen molar-refractivity contribution in [3.63, 3.8) is 0 Å². The minimum absolute atomic E-state index is 0.199. The van der Waals surface area contributed by atoms with Crippen LogP contribution in [-0.2, 0) is 5.88 Å².